The third kappa shape index (κ3) is 5.28. The van der Waals surface area contributed by atoms with Gasteiger partial charge in [0.15, 0.2) is 0 Å². The monoisotopic (exact) mass is 243 g/mol. The van der Waals surface area contributed by atoms with Gasteiger partial charge in [-0.15, -0.1) is 13.1 Å². The first-order valence-corrected chi connectivity index (χ1v) is 3.90. The Kier molecular flexibility index (Phi) is 10.3. The van der Waals surface area contributed by atoms with Crippen LogP contribution in [-0.2, 0) is 32.7 Å². The van der Waals surface area contributed by atoms with Gasteiger partial charge in [0.25, 0.3) is 0 Å². The molecule has 0 saturated carbocycles. The van der Waals surface area contributed by atoms with Crippen LogP contribution in [0.25, 0.3) is 5.32 Å². The largest absolute Gasteiger partial charge is 0.686 e. The van der Waals surface area contributed by atoms with Gasteiger partial charge in [-0.3, -0.25) is 0 Å². The van der Waals surface area contributed by atoms with Gasteiger partial charge in [0, 0.05) is 39.3 Å². The molecule has 1 fully saturated rings. The summed E-state index contributed by atoms with van der Waals surface area (Å²) in [5.41, 5.74) is 1.04. The zero-order chi connectivity index (χ0) is 7.40. The topological polar surface area (TPSA) is 17.3 Å². The maximum atomic E-state index is 4.23. The summed E-state index contributed by atoms with van der Waals surface area (Å²) < 4.78 is 0. The second-order valence-corrected chi connectivity index (χ2v) is 2.72. The van der Waals surface area contributed by atoms with Gasteiger partial charge in [-0.1, -0.05) is 6.92 Å². The van der Waals surface area contributed by atoms with Crippen LogP contribution in [-0.4, -0.2) is 31.1 Å². The summed E-state index contributed by atoms with van der Waals surface area (Å²) in [7, 11) is 0. The van der Waals surface area contributed by atoms with Crippen molar-refractivity contribution in [1.29, 1.82) is 0 Å². The first-order valence-electron chi connectivity index (χ1n) is 3.90. The third-order valence-electron chi connectivity index (χ3n) is 1.70. The molecule has 0 unspecified atom stereocenters. The molecule has 2 nitrogen and oxygen atoms in total. The number of hydrogen-bond donors (Lipinski definition) is 0. The molecule has 0 atom stereocenters. The van der Waals surface area contributed by atoms with E-state index < -0.39 is 0 Å². The average Bonchev–Trinajstić information content (AvgIpc) is 1.88. The summed E-state index contributed by atoms with van der Waals surface area (Å²) in [6, 6.07) is 0. The molecule has 1 saturated heterocycles. The average molecular weight is 243 g/mol. The normalized spacial score (nSPS) is 17.2. The first-order chi connectivity index (χ1) is 4.83. The molecule has 0 aromatic heterocycles. The summed E-state index contributed by atoms with van der Waals surface area (Å²) in [6.45, 7) is 10.3. The van der Waals surface area contributed by atoms with Crippen LogP contribution in [0.15, 0.2) is 12.3 Å². The second-order valence-electron chi connectivity index (χ2n) is 2.72. The van der Waals surface area contributed by atoms with Crippen LogP contribution >= 0.6 is 0 Å². The predicted molar refractivity (Wildman–Crippen MR) is 50.5 cm³/mol. The maximum Gasteiger partial charge on any atom is 0.00218 e. The molecule has 1 radical (unpaired) electrons. The van der Waals surface area contributed by atoms with E-state index in [0.717, 1.165) is 25.3 Å². The van der Waals surface area contributed by atoms with Crippen molar-refractivity contribution in [2.24, 2.45) is 0 Å². The van der Waals surface area contributed by atoms with Crippen LogP contribution < -0.4 is 0 Å². The van der Waals surface area contributed by atoms with Gasteiger partial charge in [0.2, 0.25) is 0 Å². The zero-order valence-corrected chi connectivity index (χ0v) is 11.1. The van der Waals surface area contributed by atoms with E-state index in [1.807, 2.05) is 0 Å². The quantitative estimate of drug-likeness (QED) is 0.678. The number of hydrogen-bond acceptors (Lipinski definition) is 1. The number of piperazine rings is 1. The van der Waals surface area contributed by atoms with E-state index in [-0.39, 0.29) is 40.1 Å². The summed E-state index contributed by atoms with van der Waals surface area (Å²) >= 11 is 0. The molecule has 69 valence electrons. The smallest absolute Gasteiger partial charge is 0.00218 e. The van der Waals surface area contributed by atoms with Crippen LogP contribution in [0.4, 0.5) is 0 Å². The Morgan fingerprint density at radius 2 is 2.25 bits per heavy atom. The Labute approximate surface area is 102 Å². The molecule has 0 amide bonds. The molecule has 1 heterocycles. The van der Waals surface area contributed by atoms with Gasteiger partial charge in [-0.05, 0) is 19.5 Å². The van der Waals surface area contributed by atoms with E-state index in [2.05, 4.69) is 23.7 Å². The van der Waals surface area contributed by atoms with Crippen LogP contribution in [0.5, 0.6) is 0 Å². The van der Waals surface area contributed by atoms with Crippen molar-refractivity contribution in [2.75, 3.05) is 26.2 Å². The van der Waals surface area contributed by atoms with E-state index in [1.165, 1.54) is 13.0 Å². The van der Waals surface area contributed by atoms with Gasteiger partial charge in [-0.2, -0.15) is 5.70 Å². The Bertz CT molecular complexity index is 124. The third-order valence-corrected chi connectivity index (χ3v) is 1.70. The van der Waals surface area contributed by atoms with Gasteiger partial charge in [0.1, 0.15) is 0 Å². The maximum absolute atomic E-state index is 4.23. The van der Waals surface area contributed by atoms with E-state index in [1.54, 1.807) is 0 Å². The molecule has 0 aromatic rings. The van der Waals surface area contributed by atoms with E-state index >= 15 is 0 Å². The Morgan fingerprint density at radius 3 is 2.75 bits per heavy atom. The number of rotatable bonds is 2. The molecule has 0 bridgehead atoms. The number of nitrogens with zero attached hydrogens (tertiary/aromatic N) is 2. The Morgan fingerprint density at radius 1 is 1.58 bits per heavy atom. The molecule has 1 aliphatic heterocycles. The summed E-state index contributed by atoms with van der Waals surface area (Å²) in [5, 5.41) is 4.23. The van der Waals surface area contributed by atoms with Gasteiger partial charge in [-0.25, -0.2) is 0 Å². The van der Waals surface area contributed by atoms with Crippen LogP contribution in [0, 0.1) is 7.43 Å². The molecule has 0 N–H and O–H groups in total. The summed E-state index contributed by atoms with van der Waals surface area (Å²) in [6.07, 6.45) is 1.23. The second kappa shape index (κ2) is 8.21. The Hall–Kier alpha value is 0.604. The van der Waals surface area contributed by atoms with Crippen molar-refractivity contribution in [2.45, 2.75) is 13.3 Å². The molecule has 3 heteroatoms. The minimum absolute atomic E-state index is 0. The van der Waals surface area contributed by atoms with Gasteiger partial charge < -0.3 is 17.6 Å². The standard InChI is InChI=1S/C8H15N2.CH3.Y/c1-3-5-10-6-4-9-8(2)7-10;;/h2-7H2,1H3;1H3;/q2*-1;. The van der Waals surface area contributed by atoms with Crippen LogP contribution in [0.3, 0.4) is 0 Å². The SMILES string of the molecule is C=C1CN(CCC)CC[N-]1.[CH3-].[Y]. The van der Waals surface area contributed by atoms with Crippen LogP contribution in [0.1, 0.15) is 13.3 Å². The van der Waals surface area contributed by atoms with E-state index in [9.17, 15) is 0 Å². The van der Waals surface area contributed by atoms with Crippen molar-refractivity contribution in [3.63, 3.8) is 0 Å². The minimum atomic E-state index is 0. The van der Waals surface area contributed by atoms with Crippen molar-refractivity contribution in [3.05, 3.63) is 25.0 Å². The van der Waals surface area contributed by atoms with Gasteiger partial charge in [0.05, 0.1) is 0 Å². The summed E-state index contributed by atoms with van der Waals surface area (Å²) in [5.74, 6) is 0. The molecular formula is C9H18N2Y-2. The molecule has 1 aliphatic rings. The fourth-order valence-corrected chi connectivity index (χ4v) is 1.24. The molecule has 0 spiro atoms. The predicted octanol–water partition coefficient (Wildman–Crippen LogP) is 2.05. The van der Waals surface area contributed by atoms with E-state index in [4.69, 9.17) is 0 Å². The van der Waals surface area contributed by atoms with Crippen LogP contribution in [0.2, 0.25) is 0 Å². The zero-order valence-electron chi connectivity index (χ0n) is 8.21. The molecule has 0 aliphatic carbocycles. The van der Waals surface area contributed by atoms with Crippen molar-refractivity contribution >= 4 is 0 Å². The van der Waals surface area contributed by atoms with E-state index in [0.29, 0.717) is 0 Å². The molecular weight excluding hydrogens is 225 g/mol. The molecule has 12 heavy (non-hydrogen) atoms. The fraction of sp³-hybridized carbons (Fsp3) is 0.667. The van der Waals surface area contributed by atoms with Gasteiger partial charge >= 0.3 is 0 Å². The van der Waals surface area contributed by atoms with Crippen molar-refractivity contribution < 1.29 is 32.7 Å². The first kappa shape index (κ1) is 15.1. The molecule has 1 rings (SSSR count). The minimum Gasteiger partial charge on any atom is -0.686 e. The summed E-state index contributed by atoms with van der Waals surface area (Å²) in [4.78, 5) is 2.40. The van der Waals surface area contributed by atoms with Crippen molar-refractivity contribution in [1.82, 2.24) is 4.90 Å². The molecule has 0 aromatic carbocycles. The van der Waals surface area contributed by atoms with Crippen molar-refractivity contribution in [3.8, 4) is 0 Å². The fourth-order valence-electron chi connectivity index (χ4n) is 1.24. The Balaban J connectivity index is 0.